The van der Waals surface area contributed by atoms with Crippen molar-refractivity contribution in [2.75, 3.05) is 0 Å². The number of fused-ring (bicyclic) bond motifs is 1. The van der Waals surface area contributed by atoms with Gasteiger partial charge in [0.1, 0.15) is 16.6 Å². The summed E-state index contributed by atoms with van der Waals surface area (Å²) in [4.78, 5) is 31.7. The summed E-state index contributed by atoms with van der Waals surface area (Å²) in [5.74, 6) is -0.435. The number of Topliss-reactive ketones (excluding diaryl/α,β-unsaturated/α-hetero) is 2. The van der Waals surface area contributed by atoms with Gasteiger partial charge in [-0.15, -0.1) is 5.10 Å². The van der Waals surface area contributed by atoms with E-state index in [4.69, 9.17) is 0 Å². The Hall–Kier alpha value is -2.61. The van der Waals surface area contributed by atoms with E-state index in [9.17, 15) is 9.59 Å². The van der Waals surface area contributed by atoms with E-state index < -0.39 is 5.25 Å². The molecule has 7 nitrogen and oxygen atoms in total. The molecule has 0 amide bonds. The number of carbonyl (C=O) groups is 2. The Labute approximate surface area is 142 Å². The molecule has 0 fully saturated rings. The van der Waals surface area contributed by atoms with E-state index in [0.29, 0.717) is 16.2 Å². The highest BCUT2D eigenvalue weighted by molar-refractivity contribution is 8.01. The molecule has 0 aliphatic heterocycles. The smallest absolute Gasteiger partial charge is 0.187 e. The number of hydrogen-bond donors (Lipinski definition) is 0. The van der Waals surface area contributed by atoms with Gasteiger partial charge in [-0.25, -0.2) is 9.97 Å². The van der Waals surface area contributed by atoms with Gasteiger partial charge in [0.05, 0.1) is 5.69 Å². The molecule has 0 spiro atoms. The van der Waals surface area contributed by atoms with Crippen LogP contribution in [-0.2, 0) is 9.59 Å². The molecule has 2 heterocycles. The van der Waals surface area contributed by atoms with Gasteiger partial charge in [0.2, 0.25) is 0 Å². The molecule has 3 aromatic rings. The fourth-order valence-corrected chi connectivity index (χ4v) is 3.15. The van der Waals surface area contributed by atoms with E-state index >= 15 is 0 Å². The van der Waals surface area contributed by atoms with Crippen LogP contribution in [0.1, 0.15) is 19.4 Å². The molecule has 0 aliphatic carbocycles. The lowest BCUT2D eigenvalue weighted by Crippen LogP contribution is -2.22. The molecule has 2 aromatic heterocycles. The number of ketones is 2. The van der Waals surface area contributed by atoms with Gasteiger partial charge in [-0.2, -0.15) is 4.68 Å². The number of hydrogen-bond acceptors (Lipinski definition) is 7. The van der Waals surface area contributed by atoms with Crippen molar-refractivity contribution in [3.63, 3.8) is 0 Å². The van der Waals surface area contributed by atoms with E-state index in [1.807, 2.05) is 31.2 Å². The summed E-state index contributed by atoms with van der Waals surface area (Å²) in [6.07, 6.45) is 1.38. The first-order valence-electron chi connectivity index (χ1n) is 7.28. The lowest BCUT2D eigenvalue weighted by molar-refractivity contribution is -0.123. The van der Waals surface area contributed by atoms with E-state index in [1.165, 1.54) is 20.2 Å². The largest absolute Gasteiger partial charge is 0.298 e. The molecule has 0 saturated carbocycles. The van der Waals surface area contributed by atoms with Crippen LogP contribution in [0.3, 0.4) is 0 Å². The van der Waals surface area contributed by atoms with Crippen LogP contribution in [0.5, 0.6) is 0 Å². The summed E-state index contributed by atoms with van der Waals surface area (Å²) in [6.45, 7) is 4.78. The van der Waals surface area contributed by atoms with Crippen molar-refractivity contribution < 1.29 is 9.59 Å². The van der Waals surface area contributed by atoms with Crippen molar-refractivity contribution in [2.24, 2.45) is 0 Å². The number of nitrogens with zero attached hydrogens (tertiary/aromatic N) is 5. The minimum Gasteiger partial charge on any atom is -0.298 e. The van der Waals surface area contributed by atoms with Crippen LogP contribution in [0, 0.1) is 6.92 Å². The normalized spacial score (nSPS) is 11.2. The van der Waals surface area contributed by atoms with Crippen LogP contribution in [-0.4, -0.2) is 41.8 Å². The van der Waals surface area contributed by atoms with Crippen molar-refractivity contribution >= 4 is 34.5 Å². The molecule has 0 atom stereocenters. The van der Waals surface area contributed by atoms with Crippen LogP contribution in [0.4, 0.5) is 0 Å². The minimum absolute atomic E-state index is 0.217. The predicted octanol–water partition coefficient (Wildman–Crippen LogP) is 2.16. The first-order valence-corrected chi connectivity index (χ1v) is 8.16. The number of thioether (sulfide) groups is 1. The molecule has 0 unspecified atom stereocenters. The SMILES string of the molecule is CC(=O)C(Sc1ncnc2c1nnn2-c1ccc(C)cc1)C(C)=O. The number of carbonyl (C=O) groups excluding carboxylic acids is 2. The molecule has 1 aromatic carbocycles. The van der Waals surface area contributed by atoms with Crippen molar-refractivity contribution in [1.82, 2.24) is 25.0 Å². The Morgan fingerprint density at radius 3 is 2.38 bits per heavy atom. The maximum atomic E-state index is 11.7. The fourth-order valence-electron chi connectivity index (χ4n) is 2.24. The van der Waals surface area contributed by atoms with Crippen LogP contribution in [0.15, 0.2) is 35.6 Å². The van der Waals surface area contributed by atoms with Crippen LogP contribution < -0.4 is 0 Å². The van der Waals surface area contributed by atoms with E-state index in [0.717, 1.165) is 23.0 Å². The lowest BCUT2D eigenvalue weighted by atomic mass is 10.2. The molecular weight excluding hydrogens is 326 g/mol. The van der Waals surface area contributed by atoms with Gasteiger partial charge in [0.25, 0.3) is 0 Å². The predicted molar refractivity (Wildman–Crippen MR) is 90.2 cm³/mol. The molecule has 0 N–H and O–H groups in total. The average molecular weight is 341 g/mol. The van der Waals surface area contributed by atoms with Gasteiger partial charge in [-0.1, -0.05) is 34.7 Å². The quantitative estimate of drug-likeness (QED) is 0.399. The summed E-state index contributed by atoms with van der Waals surface area (Å²) in [5.41, 5.74) is 2.96. The second kappa shape index (κ2) is 6.48. The molecule has 0 radical (unpaired) electrons. The fraction of sp³-hybridized carbons (Fsp3) is 0.250. The maximum absolute atomic E-state index is 11.7. The lowest BCUT2D eigenvalue weighted by Gasteiger charge is -2.08. The second-order valence-corrected chi connectivity index (χ2v) is 6.50. The molecule has 0 aliphatic rings. The molecular formula is C16H15N5O2S. The van der Waals surface area contributed by atoms with E-state index in [-0.39, 0.29) is 11.6 Å². The highest BCUT2D eigenvalue weighted by atomic mass is 32.2. The zero-order chi connectivity index (χ0) is 17.3. The summed E-state index contributed by atoms with van der Waals surface area (Å²) in [7, 11) is 0. The Morgan fingerprint density at radius 2 is 1.75 bits per heavy atom. The van der Waals surface area contributed by atoms with Gasteiger partial charge in [0.15, 0.2) is 22.7 Å². The van der Waals surface area contributed by atoms with Crippen molar-refractivity contribution in [1.29, 1.82) is 0 Å². The number of rotatable bonds is 5. The first-order chi connectivity index (χ1) is 11.5. The van der Waals surface area contributed by atoms with Gasteiger partial charge in [-0.05, 0) is 32.9 Å². The third-order valence-corrected chi connectivity index (χ3v) is 4.87. The van der Waals surface area contributed by atoms with E-state index in [2.05, 4.69) is 20.3 Å². The second-order valence-electron chi connectivity index (χ2n) is 5.41. The van der Waals surface area contributed by atoms with Gasteiger partial charge in [0, 0.05) is 0 Å². The topological polar surface area (TPSA) is 90.6 Å². The van der Waals surface area contributed by atoms with Crippen LogP contribution >= 0.6 is 11.8 Å². The summed E-state index contributed by atoms with van der Waals surface area (Å²) >= 11 is 1.08. The Balaban J connectivity index is 2.05. The zero-order valence-electron chi connectivity index (χ0n) is 13.4. The Kier molecular flexibility index (Phi) is 4.39. The number of aromatic nitrogens is 5. The molecule has 0 bridgehead atoms. The zero-order valence-corrected chi connectivity index (χ0v) is 14.2. The van der Waals surface area contributed by atoms with Crippen LogP contribution in [0.25, 0.3) is 16.9 Å². The Morgan fingerprint density at radius 1 is 1.08 bits per heavy atom. The minimum atomic E-state index is -0.798. The highest BCUT2D eigenvalue weighted by Gasteiger charge is 2.24. The molecule has 24 heavy (non-hydrogen) atoms. The molecule has 8 heteroatoms. The van der Waals surface area contributed by atoms with E-state index in [1.54, 1.807) is 4.68 Å². The third kappa shape index (κ3) is 3.05. The average Bonchev–Trinajstić information content (AvgIpc) is 2.97. The monoisotopic (exact) mass is 341 g/mol. The van der Waals surface area contributed by atoms with Gasteiger partial charge < -0.3 is 0 Å². The highest BCUT2D eigenvalue weighted by Crippen LogP contribution is 2.28. The standard InChI is InChI=1S/C16H15N5O2S/c1-9-4-6-12(7-5-9)21-15-13(19-20-21)16(18-8-17-15)24-14(10(2)22)11(3)23/h4-8,14H,1-3H3. The number of aryl methyl sites for hydroxylation is 1. The third-order valence-electron chi connectivity index (χ3n) is 3.45. The van der Waals surface area contributed by atoms with Gasteiger partial charge in [-0.3, -0.25) is 9.59 Å². The molecule has 3 rings (SSSR count). The first kappa shape index (κ1) is 16.3. The van der Waals surface area contributed by atoms with Crippen molar-refractivity contribution in [2.45, 2.75) is 31.0 Å². The Bertz CT molecular complexity index is 906. The van der Waals surface area contributed by atoms with Crippen LogP contribution in [0.2, 0.25) is 0 Å². The summed E-state index contributed by atoms with van der Waals surface area (Å²) in [5, 5.41) is 7.94. The summed E-state index contributed by atoms with van der Waals surface area (Å²) < 4.78 is 1.61. The molecule has 122 valence electrons. The van der Waals surface area contributed by atoms with Gasteiger partial charge >= 0.3 is 0 Å². The number of benzene rings is 1. The maximum Gasteiger partial charge on any atom is 0.187 e. The molecule has 0 saturated heterocycles. The van der Waals surface area contributed by atoms with Crippen molar-refractivity contribution in [3.8, 4) is 5.69 Å². The van der Waals surface area contributed by atoms with Crippen molar-refractivity contribution in [3.05, 3.63) is 36.2 Å². The summed E-state index contributed by atoms with van der Waals surface area (Å²) in [6, 6.07) is 7.79.